The molecule has 1 N–H and O–H groups in total. The van der Waals surface area contributed by atoms with Crippen LogP contribution in [0.3, 0.4) is 0 Å². The molecule has 0 fully saturated rings. The lowest BCUT2D eigenvalue weighted by atomic mass is 10.2. The molecule has 0 aliphatic rings. The molecule has 23 heavy (non-hydrogen) atoms. The number of benzene rings is 2. The summed E-state index contributed by atoms with van der Waals surface area (Å²) in [5.74, 6) is 1.82. The highest BCUT2D eigenvalue weighted by Crippen LogP contribution is 2.31. The number of para-hydroxylation sites is 1. The molecule has 4 nitrogen and oxygen atoms in total. The summed E-state index contributed by atoms with van der Waals surface area (Å²) in [6.45, 7) is 4.63. The molecule has 0 saturated heterocycles. The van der Waals surface area contributed by atoms with E-state index in [1.165, 1.54) is 0 Å². The molecule has 0 spiro atoms. The maximum atomic E-state index is 10.2. The van der Waals surface area contributed by atoms with Crippen LogP contribution in [0.15, 0.2) is 48.5 Å². The minimum absolute atomic E-state index is 0.227. The molecule has 120 valence electrons. The molecule has 0 aliphatic heterocycles. The quantitative estimate of drug-likeness (QED) is 0.753. The third-order valence-electron chi connectivity index (χ3n) is 3.86. The van der Waals surface area contributed by atoms with Gasteiger partial charge in [0.05, 0.1) is 18.3 Å². The number of phenols is 1. The van der Waals surface area contributed by atoms with Crippen molar-refractivity contribution in [3.63, 3.8) is 0 Å². The number of aromatic nitrogens is 1. The van der Waals surface area contributed by atoms with E-state index in [0.29, 0.717) is 12.4 Å². The van der Waals surface area contributed by atoms with Crippen LogP contribution < -0.4 is 9.47 Å². The first-order chi connectivity index (χ1) is 11.1. The Morgan fingerprint density at radius 3 is 2.52 bits per heavy atom. The molecule has 3 rings (SSSR count). The van der Waals surface area contributed by atoms with Gasteiger partial charge in [-0.2, -0.15) is 0 Å². The normalized spacial score (nSPS) is 11.1. The monoisotopic (exact) mass is 311 g/mol. The van der Waals surface area contributed by atoms with E-state index in [-0.39, 0.29) is 6.04 Å². The summed E-state index contributed by atoms with van der Waals surface area (Å²) >= 11 is 0. The van der Waals surface area contributed by atoms with Gasteiger partial charge in [0.1, 0.15) is 23.9 Å². The number of methoxy groups -OCH3 is 1. The highest BCUT2D eigenvalue weighted by atomic mass is 16.5. The second-order valence-electron chi connectivity index (χ2n) is 5.78. The van der Waals surface area contributed by atoms with Gasteiger partial charge in [0.25, 0.3) is 0 Å². The van der Waals surface area contributed by atoms with E-state index in [9.17, 15) is 5.11 Å². The van der Waals surface area contributed by atoms with Crippen LogP contribution in [-0.2, 0) is 6.61 Å². The summed E-state index contributed by atoms with van der Waals surface area (Å²) in [5, 5.41) is 11.2. The smallest absolute Gasteiger partial charge is 0.139 e. The Bertz CT molecular complexity index is 821. The summed E-state index contributed by atoms with van der Waals surface area (Å²) in [6.07, 6.45) is 0. The number of hydrogen-bond donors (Lipinski definition) is 1. The highest BCUT2D eigenvalue weighted by Gasteiger charge is 2.14. The molecule has 4 heteroatoms. The molecule has 2 aromatic carbocycles. The summed E-state index contributed by atoms with van der Waals surface area (Å²) < 4.78 is 13.2. The first-order valence-corrected chi connectivity index (χ1v) is 7.69. The Kier molecular flexibility index (Phi) is 4.15. The van der Waals surface area contributed by atoms with Crippen molar-refractivity contribution in [3.05, 3.63) is 54.2 Å². The van der Waals surface area contributed by atoms with Crippen LogP contribution in [0.25, 0.3) is 10.9 Å². The standard InChI is InChI=1S/C19H21NO3/c1-13(2)20-15(10-14-6-4-9-18(21)19(14)20)12-23-17-8-5-7-16(11-17)22-3/h4-11,13,21H,12H2,1-3H3. The fraction of sp³-hybridized carbons (Fsp3) is 0.263. The van der Waals surface area contributed by atoms with Crippen molar-refractivity contribution in [2.75, 3.05) is 7.11 Å². The Labute approximate surface area is 135 Å². The average Bonchev–Trinajstić information content (AvgIpc) is 2.93. The third kappa shape index (κ3) is 2.97. The SMILES string of the molecule is COc1cccc(OCc2cc3cccc(O)c3n2C(C)C)c1. The first kappa shape index (κ1) is 15.3. The number of hydrogen-bond acceptors (Lipinski definition) is 3. The molecular weight excluding hydrogens is 290 g/mol. The van der Waals surface area contributed by atoms with Crippen LogP contribution in [0.5, 0.6) is 17.2 Å². The second-order valence-corrected chi connectivity index (χ2v) is 5.78. The zero-order chi connectivity index (χ0) is 16.4. The van der Waals surface area contributed by atoms with Crippen molar-refractivity contribution in [3.8, 4) is 17.2 Å². The van der Waals surface area contributed by atoms with Crippen LogP contribution in [0.4, 0.5) is 0 Å². The van der Waals surface area contributed by atoms with E-state index in [1.807, 2.05) is 36.4 Å². The van der Waals surface area contributed by atoms with Gasteiger partial charge in [-0.25, -0.2) is 0 Å². The van der Waals surface area contributed by atoms with Gasteiger partial charge in [-0.1, -0.05) is 18.2 Å². The summed E-state index contributed by atoms with van der Waals surface area (Å²) in [7, 11) is 1.64. The van der Waals surface area contributed by atoms with Gasteiger partial charge in [-0.15, -0.1) is 0 Å². The molecule has 0 unspecified atom stereocenters. The lowest BCUT2D eigenvalue weighted by Gasteiger charge is -2.16. The Morgan fingerprint density at radius 2 is 1.78 bits per heavy atom. The van der Waals surface area contributed by atoms with E-state index in [4.69, 9.17) is 9.47 Å². The van der Waals surface area contributed by atoms with Gasteiger partial charge in [-0.3, -0.25) is 0 Å². The largest absolute Gasteiger partial charge is 0.506 e. The molecule has 0 radical (unpaired) electrons. The van der Waals surface area contributed by atoms with Crippen molar-refractivity contribution < 1.29 is 14.6 Å². The second kappa shape index (κ2) is 6.24. The summed E-state index contributed by atoms with van der Waals surface area (Å²) in [6, 6.07) is 15.4. The van der Waals surface area contributed by atoms with E-state index < -0.39 is 0 Å². The number of ether oxygens (including phenoxy) is 2. The van der Waals surface area contributed by atoms with Crippen LogP contribution in [-0.4, -0.2) is 16.8 Å². The summed E-state index contributed by atoms with van der Waals surface area (Å²) in [5.41, 5.74) is 1.88. The van der Waals surface area contributed by atoms with Gasteiger partial charge >= 0.3 is 0 Å². The fourth-order valence-electron chi connectivity index (χ4n) is 2.87. The van der Waals surface area contributed by atoms with E-state index >= 15 is 0 Å². The number of rotatable bonds is 5. The number of fused-ring (bicyclic) bond motifs is 1. The van der Waals surface area contributed by atoms with Crippen LogP contribution in [0, 0.1) is 0 Å². The number of aromatic hydroxyl groups is 1. The lowest BCUT2D eigenvalue weighted by molar-refractivity contribution is 0.291. The molecule has 0 aliphatic carbocycles. The van der Waals surface area contributed by atoms with Crippen molar-refractivity contribution in [1.29, 1.82) is 0 Å². The van der Waals surface area contributed by atoms with Gasteiger partial charge in [0.2, 0.25) is 0 Å². The predicted molar refractivity (Wildman–Crippen MR) is 91.3 cm³/mol. The Hall–Kier alpha value is -2.62. The fourth-order valence-corrected chi connectivity index (χ4v) is 2.87. The molecule has 0 atom stereocenters. The molecule has 3 aromatic rings. The van der Waals surface area contributed by atoms with Crippen molar-refractivity contribution in [2.45, 2.75) is 26.5 Å². The van der Waals surface area contributed by atoms with Crippen LogP contribution >= 0.6 is 0 Å². The van der Waals surface area contributed by atoms with E-state index in [1.54, 1.807) is 13.2 Å². The molecule has 0 amide bonds. The lowest BCUT2D eigenvalue weighted by Crippen LogP contribution is -2.08. The third-order valence-corrected chi connectivity index (χ3v) is 3.86. The van der Waals surface area contributed by atoms with E-state index in [2.05, 4.69) is 24.5 Å². The number of phenolic OH excluding ortho intramolecular Hbond substituents is 1. The van der Waals surface area contributed by atoms with Crippen LogP contribution in [0.1, 0.15) is 25.6 Å². The molecule has 0 bridgehead atoms. The Morgan fingerprint density at radius 1 is 1.04 bits per heavy atom. The number of nitrogens with zero attached hydrogens (tertiary/aromatic N) is 1. The summed E-state index contributed by atoms with van der Waals surface area (Å²) in [4.78, 5) is 0. The van der Waals surface area contributed by atoms with Crippen LogP contribution in [0.2, 0.25) is 0 Å². The predicted octanol–water partition coefficient (Wildman–Crippen LogP) is 4.52. The first-order valence-electron chi connectivity index (χ1n) is 7.69. The van der Waals surface area contributed by atoms with Gasteiger partial charge in [-0.05, 0) is 38.1 Å². The molecule has 1 aromatic heterocycles. The van der Waals surface area contributed by atoms with Gasteiger partial charge in [0.15, 0.2) is 0 Å². The minimum Gasteiger partial charge on any atom is -0.506 e. The average molecular weight is 311 g/mol. The topological polar surface area (TPSA) is 43.6 Å². The van der Waals surface area contributed by atoms with Gasteiger partial charge in [0, 0.05) is 17.5 Å². The zero-order valence-corrected chi connectivity index (χ0v) is 13.6. The maximum absolute atomic E-state index is 10.2. The maximum Gasteiger partial charge on any atom is 0.139 e. The highest BCUT2D eigenvalue weighted by molar-refractivity contribution is 5.86. The van der Waals surface area contributed by atoms with Crippen molar-refractivity contribution in [2.24, 2.45) is 0 Å². The van der Waals surface area contributed by atoms with Crippen molar-refractivity contribution in [1.82, 2.24) is 4.57 Å². The zero-order valence-electron chi connectivity index (χ0n) is 13.6. The molecule has 1 heterocycles. The molecular formula is C19H21NO3. The Balaban J connectivity index is 1.93. The minimum atomic E-state index is 0.227. The van der Waals surface area contributed by atoms with Gasteiger partial charge < -0.3 is 19.1 Å². The van der Waals surface area contributed by atoms with Crippen molar-refractivity contribution >= 4 is 10.9 Å². The molecule has 0 saturated carbocycles. The van der Waals surface area contributed by atoms with E-state index in [0.717, 1.165) is 28.1 Å².